The van der Waals surface area contributed by atoms with Crippen molar-refractivity contribution in [3.8, 4) is 0 Å². The molecule has 2 nitrogen and oxygen atoms in total. The summed E-state index contributed by atoms with van der Waals surface area (Å²) in [6.07, 6.45) is 0. The predicted octanol–water partition coefficient (Wildman–Crippen LogP) is 1.96. The first-order chi connectivity index (χ1) is 7.18. The quantitative estimate of drug-likeness (QED) is 0.809. The van der Waals surface area contributed by atoms with Crippen LogP contribution in [-0.4, -0.2) is 31.1 Å². The van der Waals surface area contributed by atoms with Crippen LogP contribution in [0.1, 0.15) is 24.1 Å². The fraction of sp³-hybridized carbons (Fsp3) is 0.538. The third-order valence-electron chi connectivity index (χ3n) is 3.51. The summed E-state index contributed by atoms with van der Waals surface area (Å²) < 4.78 is 0. The first-order valence-corrected chi connectivity index (χ1v) is 5.67. The Bertz CT molecular complexity index is 314. The Morgan fingerprint density at radius 1 is 1.27 bits per heavy atom. The van der Waals surface area contributed by atoms with Gasteiger partial charge >= 0.3 is 0 Å². The zero-order chi connectivity index (χ0) is 10.8. The van der Waals surface area contributed by atoms with Crippen LogP contribution in [0.25, 0.3) is 0 Å². The van der Waals surface area contributed by atoms with Crippen molar-refractivity contribution in [3.05, 3.63) is 35.4 Å². The summed E-state index contributed by atoms with van der Waals surface area (Å²) in [5, 5.41) is 3.32. The first-order valence-electron chi connectivity index (χ1n) is 5.67. The third-order valence-corrected chi connectivity index (χ3v) is 3.51. The van der Waals surface area contributed by atoms with Crippen LogP contribution in [0.2, 0.25) is 0 Å². The number of likely N-dealkylation sites (N-methyl/N-ethyl adjacent to an activating group) is 1. The summed E-state index contributed by atoms with van der Waals surface area (Å²) in [5.41, 5.74) is 2.74. The van der Waals surface area contributed by atoms with Crippen LogP contribution >= 0.6 is 0 Å². The van der Waals surface area contributed by atoms with Crippen LogP contribution in [-0.2, 0) is 0 Å². The van der Waals surface area contributed by atoms with E-state index >= 15 is 0 Å². The van der Waals surface area contributed by atoms with E-state index in [2.05, 4.69) is 55.4 Å². The minimum Gasteiger partial charge on any atom is -0.314 e. The van der Waals surface area contributed by atoms with E-state index in [0.717, 1.165) is 13.1 Å². The molecule has 1 N–H and O–H groups in total. The molecule has 0 radical (unpaired) electrons. The van der Waals surface area contributed by atoms with Crippen LogP contribution in [0.15, 0.2) is 24.3 Å². The highest BCUT2D eigenvalue weighted by Crippen LogP contribution is 2.22. The lowest BCUT2D eigenvalue weighted by molar-refractivity contribution is 0.136. The van der Waals surface area contributed by atoms with Gasteiger partial charge in [0.2, 0.25) is 0 Å². The van der Waals surface area contributed by atoms with Gasteiger partial charge in [0.05, 0.1) is 0 Å². The normalized spacial score (nSPS) is 18.9. The van der Waals surface area contributed by atoms with E-state index < -0.39 is 0 Å². The molecule has 0 spiro atoms. The molecule has 1 aliphatic heterocycles. The fourth-order valence-electron chi connectivity index (χ4n) is 1.96. The zero-order valence-electron chi connectivity index (χ0n) is 9.83. The second-order valence-electron chi connectivity index (χ2n) is 4.56. The van der Waals surface area contributed by atoms with Gasteiger partial charge in [-0.2, -0.15) is 0 Å². The largest absolute Gasteiger partial charge is 0.314 e. The van der Waals surface area contributed by atoms with Crippen molar-refractivity contribution in [1.29, 1.82) is 0 Å². The molecule has 1 fully saturated rings. The molecule has 0 aliphatic carbocycles. The van der Waals surface area contributed by atoms with Crippen LogP contribution < -0.4 is 5.32 Å². The molecule has 1 aromatic carbocycles. The van der Waals surface area contributed by atoms with E-state index in [4.69, 9.17) is 0 Å². The lowest BCUT2D eigenvalue weighted by Crippen LogP contribution is -2.56. The molecular formula is C13H20N2. The second-order valence-corrected chi connectivity index (χ2v) is 4.56. The average molecular weight is 204 g/mol. The molecule has 1 aliphatic rings. The molecule has 2 heteroatoms. The molecule has 1 heterocycles. The highest BCUT2D eigenvalue weighted by Gasteiger charge is 2.25. The monoisotopic (exact) mass is 204 g/mol. The smallest absolute Gasteiger partial charge is 0.0348 e. The van der Waals surface area contributed by atoms with Gasteiger partial charge in [-0.25, -0.2) is 0 Å². The van der Waals surface area contributed by atoms with Crippen LogP contribution in [0.4, 0.5) is 0 Å². The number of hydrogen-bond acceptors (Lipinski definition) is 2. The molecule has 0 saturated carbocycles. The summed E-state index contributed by atoms with van der Waals surface area (Å²) in [7, 11) is 2.22. The van der Waals surface area contributed by atoms with Crippen molar-refractivity contribution in [2.75, 3.05) is 20.1 Å². The van der Waals surface area contributed by atoms with Crippen molar-refractivity contribution in [2.24, 2.45) is 0 Å². The summed E-state index contributed by atoms with van der Waals surface area (Å²) in [5.74, 6) is 0. The molecule has 15 heavy (non-hydrogen) atoms. The highest BCUT2D eigenvalue weighted by molar-refractivity contribution is 5.23. The van der Waals surface area contributed by atoms with Gasteiger partial charge in [0.25, 0.3) is 0 Å². The van der Waals surface area contributed by atoms with Gasteiger partial charge in [-0.1, -0.05) is 29.8 Å². The molecule has 0 bridgehead atoms. The number of rotatable bonds is 3. The average Bonchev–Trinajstić information content (AvgIpc) is 2.15. The molecular weight excluding hydrogens is 184 g/mol. The fourth-order valence-corrected chi connectivity index (χ4v) is 1.96. The maximum absolute atomic E-state index is 3.32. The van der Waals surface area contributed by atoms with Gasteiger partial charge in [0.1, 0.15) is 0 Å². The Labute approximate surface area is 92.3 Å². The first kappa shape index (κ1) is 10.7. The topological polar surface area (TPSA) is 15.3 Å². The Morgan fingerprint density at radius 3 is 2.33 bits per heavy atom. The van der Waals surface area contributed by atoms with E-state index in [1.54, 1.807) is 0 Å². The van der Waals surface area contributed by atoms with E-state index in [1.165, 1.54) is 11.1 Å². The summed E-state index contributed by atoms with van der Waals surface area (Å²) in [4.78, 5) is 2.46. The number of nitrogens with zero attached hydrogens (tertiary/aromatic N) is 1. The van der Waals surface area contributed by atoms with Crippen LogP contribution in [0, 0.1) is 6.92 Å². The molecule has 1 saturated heterocycles. The van der Waals surface area contributed by atoms with Crippen LogP contribution in [0.5, 0.6) is 0 Å². The number of nitrogens with one attached hydrogen (secondary N) is 1. The zero-order valence-corrected chi connectivity index (χ0v) is 9.83. The van der Waals surface area contributed by atoms with Crippen molar-refractivity contribution in [2.45, 2.75) is 25.9 Å². The second kappa shape index (κ2) is 4.33. The third kappa shape index (κ3) is 2.21. The van der Waals surface area contributed by atoms with Gasteiger partial charge in [0, 0.05) is 25.2 Å². The minimum atomic E-state index is 0.512. The number of aryl methyl sites for hydroxylation is 1. The van der Waals surface area contributed by atoms with Gasteiger partial charge in [-0.05, 0) is 26.5 Å². The van der Waals surface area contributed by atoms with Gasteiger partial charge in [-0.15, -0.1) is 0 Å². The highest BCUT2D eigenvalue weighted by atomic mass is 15.2. The summed E-state index contributed by atoms with van der Waals surface area (Å²) >= 11 is 0. The van der Waals surface area contributed by atoms with Gasteiger partial charge in [0.15, 0.2) is 0 Å². The molecule has 2 rings (SSSR count). The molecule has 1 aromatic rings. The Kier molecular flexibility index (Phi) is 3.08. The summed E-state index contributed by atoms with van der Waals surface area (Å²) in [6.45, 7) is 6.68. The maximum Gasteiger partial charge on any atom is 0.0348 e. The molecule has 0 amide bonds. The number of hydrogen-bond donors (Lipinski definition) is 1. The van der Waals surface area contributed by atoms with Crippen molar-refractivity contribution in [3.63, 3.8) is 0 Å². The van der Waals surface area contributed by atoms with E-state index in [0.29, 0.717) is 12.1 Å². The Morgan fingerprint density at radius 2 is 1.87 bits per heavy atom. The SMILES string of the molecule is Cc1ccc(C(C)N(C)C2CNC2)cc1. The lowest BCUT2D eigenvalue weighted by Gasteiger charge is -2.39. The summed E-state index contributed by atoms with van der Waals surface area (Å²) in [6, 6.07) is 10.1. The van der Waals surface area contributed by atoms with E-state index in [-0.39, 0.29) is 0 Å². The van der Waals surface area contributed by atoms with Gasteiger partial charge < -0.3 is 5.32 Å². The minimum absolute atomic E-state index is 0.512. The standard InChI is InChI=1S/C13H20N2/c1-10-4-6-12(7-5-10)11(2)15(3)13-8-14-9-13/h4-7,11,13-14H,8-9H2,1-3H3. The molecule has 0 aromatic heterocycles. The lowest BCUT2D eigenvalue weighted by atomic mass is 10.0. The number of benzene rings is 1. The van der Waals surface area contributed by atoms with E-state index in [1.807, 2.05) is 0 Å². The Balaban J connectivity index is 2.05. The van der Waals surface area contributed by atoms with Crippen LogP contribution in [0.3, 0.4) is 0 Å². The van der Waals surface area contributed by atoms with Crippen molar-refractivity contribution < 1.29 is 0 Å². The molecule has 1 unspecified atom stereocenters. The Hall–Kier alpha value is -0.860. The van der Waals surface area contributed by atoms with Gasteiger partial charge in [-0.3, -0.25) is 4.90 Å². The predicted molar refractivity (Wildman–Crippen MR) is 64.0 cm³/mol. The van der Waals surface area contributed by atoms with Crippen molar-refractivity contribution in [1.82, 2.24) is 10.2 Å². The van der Waals surface area contributed by atoms with E-state index in [9.17, 15) is 0 Å². The molecule has 1 atom stereocenters. The maximum atomic E-state index is 3.32. The van der Waals surface area contributed by atoms with Crippen molar-refractivity contribution >= 4 is 0 Å². The molecule has 82 valence electrons.